The summed E-state index contributed by atoms with van der Waals surface area (Å²) in [5, 5.41) is 0. The second-order valence-electron chi connectivity index (χ2n) is 1.59. The summed E-state index contributed by atoms with van der Waals surface area (Å²) >= 11 is 0. The van der Waals surface area contributed by atoms with Crippen LogP contribution in [0.15, 0.2) is 0 Å². The SMILES string of the molecule is [CH]OC(=O)CCCC. The fourth-order valence-electron chi connectivity index (χ4n) is 0.380. The smallest absolute Gasteiger partial charge is 0.306 e. The molecule has 0 atom stereocenters. The molecule has 0 aliphatic rings. The second-order valence-corrected chi connectivity index (χ2v) is 1.59. The van der Waals surface area contributed by atoms with Crippen molar-refractivity contribution in [2.45, 2.75) is 26.2 Å². The van der Waals surface area contributed by atoms with Crippen molar-refractivity contribution < 1.29 is 9.53 Å². The molecule has 8 heavy (non-hydrogen) atoms. The minimum atomic E-state index is -0.327. The van der Waals surface area contributed by atoms with Gasteiger partial charge >= 0.3 is 5.97 Å². The first kappa shape index (κ1) is 7.47. The Kier molecular flexibility index (Phi) is 4.32. The average Bonchev–Trinajstić information content (AvgIpc) is 1.83. The molecule has 0 saturated carbocycles. The molecule has 0 bridgehead atoms. The Labute approximate surface area is 49.8 Å². The van der Waals surface area contributed by atoms with E-state index in [0.717, 1.165) is 12.8 Å². The molecule has 46 valence electrons. The van der Waals surface area contributed by atoms with Crippen LogP contribution in [-0.4, -0.2) is 5.97 Å². The highest BCUT2D eigenvalue weighted by atomic mass is 16.5. The van der Waals surface area contributed by atoms with E-state index in [4.69, 9.17) is 0 Å². The molecule has 0 amide bonds. The van der Waals surface area contributed by atoms with Crippen LogP contribution in [-0.2, 0) is 9.53 Å². The van der Waals surface area contributed by atoms with E-state index in [1.165, 1.54) is 0 Å². The molecule has 0 unspecified atom stereocenters. The van der Waals surface area contributed by atoms with Crippen molar-refractivity contribution in [1.29, 1.82) is 0 Å². The summed E-state index contributed by atoms with van der Waals surface area (Å²) in [6.07, 6.45) is 2.29. The van der Waals surface area contributed by atoms with Crippen molar-refractivity contribution in [1.82, 2.24) is 0 Å². The third kappa shape index (κ3) is 3.65. The number of rotatable bonds is 3. The van der Waals surface area contributed by atoms with Crippen molar-refractivity contribution in [3.63, 3.8) is 0 Å². The molecule has 2 heteroatoms. The van der Waals surface area contributed by atoms with Gasteiger partial charge in [0.15, 0.2) is 7.11 Å². The van der Waals surface area contributed by atoms with Crippen molar-refractivity contribution in [2.75, 3.05) is 0 Å². The Hall–Kier alpha value is -0.530. The Morgan fingerprint density at radius 3 is 2.75 bits per heavy atom. The number of esters is 1. The van der Waals surface area contributed by atoms with Gasteiger partial charge in [0.05, 0.1) is 0 Å². The molecule has 0 aliphatic heterocycles. The number of ether oxygens (including phenoxy) is 1. The lowest BCUT2D eigenvalue weighted by Gasteiger charge is -1.92. The molecule has 0 aromatic heterocycles. The summed E-state index contributed by atoms with van der Waals surface area (Å²) in [6.45, 7) is 2.00. The van der Waals surface area contributed by atoms with Gasteiger partial charge in [0.25, 0.3) is 0 Å². The fourth-order valence-corrected chi connectivity index (χ4v) is 0.380. The van der Waals surface area contributed by atoms with Crippen molar-refractivity contribution in [2.24, 2.45) is 0 Å². The summed E-state index contributed by atoms with van der Waals surface area (Å²) in [7, 11) is 4.56. The molecule has 0 aromatic carbocycles. The van der Waals surface area contributed by atoms with E-state index >= 15 is 0 Å². The van der Waals surface area contributed by atoms with Crippen molar-refractivity contribution in [3.05, 3.63) is 7.11 Å². The van der Waals surface area contributed by atoms with Crippen LogP contribution in [0.25, 0.3) is 0 Å². The lowest BCUT2D eigenvalue weighted by molar-refractivity contribution is -0.138. The van der Waals surface area contributed by atoms with E-state index in [0.29, 0.717) is 6.42 Å². The van der Waals surface area contributed by atoms with Crippen LogP contribution >= 0.6 is 0 Å². The highest BCUT2D eigenvalue weighted by molar-refractivity contribution is 5.69. The number of carbonyl (C=O) groups is 1. The first-order valence-electron chi connectivity index (χ1n) is 2.70. The van der Waals surface area contributed by atoms with Gasteiger partial charge in [-0.2, -0.15) is 0 Å². The fraction of sp³-hybridized carbons (Fsp3) is 0.667. The average molecular weight is 114 g/mol. The molecule has 2 nitrogen and oxygen atoms in total. The lowest BCUT2D eigenvalue weighted by Crippen LogP contribution is -1.96. The first-order chi connectivity index (χ1) is 3.81. The minimum absolute atomic E-state index is 0.327. The van der Waals surface area contributed by atoms with E-state index in [1.54, 1.807) is 0 Å². The Bertz CT molecular complexity index is 68.9. The van der Waals surface area contributed by atoms with Gasteiger partial charge in [0.2, 0.25) is 0 Å². The maximum atomic E-state index is 10.2. The maximum absolute atomic E-state index is 10.2. The number of unbranched alkanes of at least 4 members (excludes halogenated alkanes) is 1. The third-order valence-electron chi connectivity index (χ3n) is 0.866. The van der Waals surface area contributed by atoms with Crippen LogP contribution in [0.1, 0.15) is 26.2 Å². The van der Waals surface area contributed by atoms with E-state index in [2.05, 4.69) is 11.8 Å². The topological polar surface area (TPSA) is 26.3 Å². The molecule has 0 N–H and O–H groups in total. The monoisotopic (exact) mass is 114 g/mol. The van der Waals surface area contributed by atoms with Crippen molar-refractivity contribution >= 4 is 5.97 Å². The maximum Gasteiger partial charge on any atom is 0.306 e. The summed E-state index contributed by atoms with van der Waals surface area (Å²) in [6, 6.07) is 0. The standard InChI is InChI=1S/C6H10O2/c1-3-4-5-6(7)8-2/h2H,3-5H2,1H3. The molecular weight excluding hydrogens is 104 g/mol. The number of carbonyl (C=O) groups excluding carboxylic acids is 1. The second kappa shape index (κ2) is 4.62. The van der Waals surface area contributed by atoms with Gasteiger partial charge in [0.1, 0.15) is 0 Å². The largest absolute Gasteiger partial charge is 0.454 e. The molecule has 0 aliphatic carbocycles. The van der Waals surface area contributed by atoms with Crippen LogP contribution < -0.4 is 0 Å². The summed E-state index contributed by atoms with van der Waals surface area (Å²) in [5.41, 5.74) is 0. The molecule has 0 saturated heterocycles. The summed E-state index contributed by atoms with van der Waals surface area (Å²) in [4.78, 5) is 10.2. The van der Waals surface area contributed by atoms with E-state index in [1.807, 2.05) is 6.92 Å². The molecule has 0 heterocycles. The van der Waals surface area contributed by atoms with Crippen LogP contribution in [0.2, 0.25) is 0 Å². The van der Waals surface area contributed by atoms with Gasteiger partial charge in [-0.1, -0.05) is 13.3 Å². The quantitative estimate of drug-likeness (QED) is 0.518. The van der Waals surface area contributed by atoms with Gasteiger partial charge in [-0.3, -0.25) is 4.79 Å². The van der Waals surface area contributed by atoms with Crippen LogP contribution in [0.3, 0.4) is 0 Å². The van der Waals surface area contributed by atoms with Crippen LogP contribution in [0.5, 0.6) is 0 Å². The minimum Gasteiger partial charge on any atom is -0.454 e. The van der Waals surface area contributed by atoms with Gasteiger partial charge in [0, 0.05) is 6.42 Å². The van der Waals surface area contributed by atoms with Gasteiger partial charge in [-0.05, 0) is 6.42 Å². The Morgan fingerprint density at radius 2 is 2.38 bits per heavy atom. The third-order valence-corrected chi connectivity index (χ3v) is 0.866. The number of hydrogen-bond acceptors (Lipinski definition) is 2. The summed E-state index contributed by atoms with van der Waals surface area (Å²) < 4.78 is 3.91. The molecular formula is C6H10O2. The Morgan fingerprint density at radius 1 is 1.75 bits per heavy atom. The van der Waals surface area contributed by atoms with Gasteiger partial charge < -0.3 is 4.74 Å². The first-order valence-corrected chi connectivity index (χ1v) is 2.70. The van der Waals surface area contributed by atoms with E-state index in [-0.39, 0.29) is 5.97 Å². The molecule has 2 radical (unpaired) electrons. The van der Waals surface area contributed by atoms with Gasteiger partial charge in [-0.15, -0.1) is 0 Å². The summed E-state index contributed by atoms with van der Waals surface area (Å²) in [5.74, 6) is -0.327. The normalized spacial score (nSPS) is 8.75. The molecule has 0 rings (SSSR count). The predicted molar refractivity (Wildman–Crippen MR) is 29.9 cm³/mol. The number of hydrogen-bond donors (Lipinski definition) is 0. The molecule has 0 fully saturated rings. The molecule has 0 spiro atoms. The predicted octanol–water partition coefficient (Wildman–Crippen LogP) is 1.39. The van der Waals surface area contributed by atoms with Gasteiger partial charge in [-0.25, -0.2) is 0 Å². The zero-order valence-corrected chi connectivity index (χ0v) is 5.02. The van der Waals surface area contributed by atoms with Crippen molar-refractivity contribution in [3.8, 4) is 0 Å². The van der Waals surface area contributed by atoms with Crippen LogP contribution in [0.4, 0.5) is 0 Å². The Balaban J connectivity index is 2.99. The highest BCUT2D eigenvalue weighted by Crippen LogP contribution is 1.94. The highest BCUT2D eigenvalue weighted by Gasteiger charge is 1.95. The van der Waals surface area contributed by atoms with Crippen LogP contribution in [0, 0.1) is 7.11 Å². The van der Waals surface area contributed by atoms with E-state index < -0.39 is 0 Å². The lowest BCUT2D eigenvalue weighted by atomic mass is 10.3. The molecule has 0 aromatic rings. The zero-order valence-electron chi connectivity index (χ0n) is 5.02. The zero-order chi connectivity index (χ0) is 6.41. The van der Waals surface area contributed by atoms with E-state index in [9.17, 15) is 4.79 Å².